The Morgan fingerprint density at radius 2 is 2.22 bits per heavy atom. The molecule has 0 aliphatic carbocycles. The first kappa shape index (κ1) is 12.7. The summed E-state index contributed by atoms with van der Waals surface area (Å²) in [7, 11) is 0. The molecule has 0 saturated carbocycles. The molecule has 1 aromatic carbocycles. The molecule has 0 aliphatic rings. The summed E-state index contributed by atoms with van der Waals surface area (Å²) in [6, 6.07) is 4.57. The highest BCUT2D eigenvalue weighted by molar-refractivity contribution is 9.10. The minimum atomic E-state index is -0.464. The summed E-state index contributed by atoms with van der Waals surface area (Å²) in [5.74, 6) is 5.19. The molecule has 0 spiro atoms. The van der Waals surface area contributed by atoms with Crippen LogP contribution in [-0.4, -0.2) is 9.97 Å². The minimum Gasteiger partial charge on any atom is -0.435 e. The number of nitrogen functional groups attached to an aromatic ring is 1. The summed E-state index contributed by atoms with van der Waals surface area (Å²) < 4.78 is 19.4. The van der Waals surface area contributed by atoms with E-state index >= 15 is 0 Å². The standard InChI is InChI=1S/C11H10BrFN4O/c1-6-2-3-8(13)9(4-6)18-10-7(12)5-15-11(16-10)17-14/h2-5H,14H2,1H3,(H,15,16,17). The van der Waals surface area contributed by atoms with Gasteiger partial charge in [-0.3, -0.25) is 5.43 Å². The van der Waals surface area contributed by atoms with Crippen molar-refractivity contribution in [1.29, 1.82) is 0 Å². The van der Waals surface area contributed by atoms with Gasteiger partial charge in [0.15, 0.2) is 11.6 Å². The lowest BCUT2D eigenvalue weighted by Gasteiger charge is -2.09. The second-order valence-corrected chi connectivity index (χ2v) is 4.38. The van der Waals surface area contributed by atoms with Crippen LogP contribution in [0.25, 0.3) is 0 Å². The van der Waals surface area contributed by atoms with Gasteiger partial charge < -0.3 is 4.74 Å². The molecule has 5 nitrogen and oxygen atoms in total. The number of nitrogens with zero attached hydrogens (tertiary/aromatic N) is 2. The lowest BCUT2D eigenvalue weighted by Crippen LogP contribution is -2.10. The van der Waals surface area contributed by atoms with E-state index in [4.69, 9.17) is 10.6 Å². The third kappa shape index (κ3) is 2.74. The Bertz CT molecular complexity index is 579. The molecule has 0 amide bonds. The Morgan fingerprint density at radius 1 is 1.44 bits per heavy atom. The van der Waals surface area contributed by atoms with Crippen molar-refractivity contribution in [1.82, 2.24) is 9.97 Å². The quantitative estimate of drug-likeness (QED) is 0.673. The first-order chi connectivity index (χ1) is 8.60. The zero-order valence-electron chi connectivity index (χ0n) is 9.45. The van der Waals surface area contributed by atoms with Crippen LogP contribution < -0.4 is 16.0 Å². The van der Waals surface area contributed by atoms with Gasteiger partial charge in [0.1, 0.15) is 0 Å². The van der Waals surface area contributed by atoms with Crippen molar-refractivity contribution in [2.24, 2.45) is 5.84 Å². The number of halogens is 2. The highest BCUT2D eigenvalue weighted by atomic mass is 79.9. The summed E-state index contributed by atoms with van der Waals surface area (Å²) in [5.41, 5.74) is 3.17. The maximum atomic E-state index is 13.5. The van der Waals surface area contributed by atoms with Crippen molar-refractivity contribution in [3.05, 3.63) is 40.2 Å². The van der Waals surface area contributed by atoms with E-state index in [9.17, 15) is 4.39 Å². The first-order valence-corrected chi connectivity index (χ1v) is 5.82. The van der Waals surface area contributed by atoms with Gasteiger partial charge in [0.2, 0.25) is 11.8 Å². The van der Waals surface area contributed by atoms with Crippen molar-refractivity contribution < 1.29 is 9.13 Å². The fourth-order valence-corrected chi connectivity index (χ4v) is 1.56. The summed E-state index contributed by atoms with van der Waals surface area (Å²) in [5, 5.41) is 0. The zero-order chi connectivity index (χ0) is 13.1. The SMILES string of the molecule is Cc1ccc(F)c(Oc2nc(NN)ncc2Br)c1. The zero-order valence-corrected chi connectivity index (χ0v) is 11.0. The van der Waals surface area contributed by atoms with Crippen molar-refractivity contribution >= 4 is 21.9 Å². The molecule has 1 aromatic heterocycles. The van der Waals surface area contributed by atoms with Crippen LogP contribution in [0.1, 0.15) is 5.56 Å². The number of hydrogen-bond acceptors (Lipinski definition) is 5. The second-order valence-electron chi connectivity index (χ2n) is 3.53. The number of hydrazine groups is 1. The molecule has 0 radical (unpaired) electrons. The fourth-order valence-electron chi connectivity index (χ4n) is 1.29. The number of aryl methyl sites for hydroxylation is 1. The smallest absolute Gasteiger partial charge is 0.240 e. The maximum absolute atomic E-state index is 13.5. The number of ether oxygens (including phenoxy) is 1. The van der Waals surface area contributed by atoms with Gasteiger partial charge in [-0.1, -0.05) is 6.07 Å². The molecule has 1 heterocycles. The topological polar surface area (TPSA) is 73.1 Å². The van der Waals surface area contributed by atoms with Crippen molar-refractivity contribution in [3.63, 3.8) is 0 Å². The van der Waals surface area contributed by atoms with Gasteiger partial charge in [-0.25, -0.2) is 15.2 Å². The van der Waals surface area contributed by atoms with Crippen LogP contribution in [0, 0.1) is 12.7 Å². The van der Waals surface area contributed by atoms with Gasteiger partial charge in [-0.15, -0.1) is 0 Å². The van der Waals surface area contributed by atoms with E-state index in [-0.39, 0.29) is 17.6 Å². The van der Waals surface area contributed by atoms with E-state index in [0.717, 1.165) is 5.56 Å². The first-order valence-electron chi connectivity index (χ1n) is 5.03. The Morgan fingerprint density at radius 3 is 2.94 bits per heavy atom. The predicted molar refractivity (Wildman–Crippen MR) is 68.8 cm³/mol. The van der Waals surface area contributed by atoms with E-state index < -0.39 is 5.82 Å². The van der Waals surface area contributed by atoms with E-state index in [1.54, 1.807) is 12.1 Å². The molecule has 0 aliphatic heterocycles. The van der Waals surface area contributed by atoms with Crippen molar-refractivity contribution in [2.75, 3.05) is 5.43 Å². The molecule has 2 aromatic rings. The fraction of sp³-hybridized carbons (Fsp3) is 0.0909. The van der Waals surface area contributed by atoms with Crippen LogP contribution >= 0.6 is 15.9 Å². The largest absolute Gasteiger partial charge is 0.435 e. The average Bonchev–Trinajstić information content (AvgIpc) is 2.36. The molecule has 2 rings (SSSR count). The minimum absolute atomic E-state index is 0.0948. The van der Waals surface area contributed by atoms with Crippen LogP contribution in [-0.2, 0) is 0 Å². The normalized spacial score (nSPS) is 10.2. The van der Waals surface area contributed by atoms with Gasteiger partial charge >= 0.3 is 0 Å². The van der Waals surface area contributed by atoms with Gasteiger partial charge in [0.05, 0.1) is 10.7 Å². The maximum Gasteiger partial charge on any atom is 0.240 e. The lowest BCUT2D eigenvalue weighted by molar-refractivity contribution is 0.424. The Balaban J connectivity index is 2.36. The van der Waals surface area contributed by atoms with E-state index in [0.29, 0.717) is 4.47 Å². The van der Waals surface area contributed by atoms with Crippen LogP contribution in [0.5, 0.6) is 11.6 Å². The van der Waals surface area contributed by atoms with E-state index in [1.165, 1.54) is 12.3 Å². The number of anilines is 1. The molecule has 0 bridgehead atoms. The highest BCUT2D eigenvalue weighted by Gasteiger charge is 2.10. The van der Waals surface area contributed by atoms with E-state index in [1.807, 2.05) is 6.92 Å². The summed E-state index contributed by atoms with van der Waals surface area (Å²) in [6.45, 7) is 1.84. The summed E-state index contributed by atoms with van der Waals surface area (Å²) in [4.78, 5) is 7.85. The predicted octanol–water partition coefficient (Wildman–Crippen LogP) is 2.76. The molecule has 0 atom stereocenters. The summed E-state index contributed by atoms with van der Waals surface area (Å²) >= 11 is 3.22. The Kier molecular flexibility index (Phi) is 3.73. The highest BCUT2D eigenvalue weighted by Crippen LogP contribution is 2.29. The van der Waals surface area contributed by atoms with Crippen molar-refractivity contribution in [3.8, 4) is 11.6 Å². The number of nitrogens with two attached hydrogens (primary N) is 1. The number of nitrogens with one attached hydrogen (secondary N) is 1. The second kappa shape index (κ2) is 5.28. The average molecular weight is 313 g/mol. The monoisotopic (exact) mass is 312 g/mol. The molecule has 0 saturated heterocycles. The van der Waals surface area contributed by atoms with Crippen molar-refractivity contribution in [2.45, 2.75) is 6.92 Å². The van der Waals surface area contributed by atoms with Crippen LogP contribution in [0.3, 0.4) is 0 Å². The van der Waals surface area contributed by atoms with E-state index in [2.05, 4.69) is 31.3 Å². The van der Waals surface area contributed by atoms with Gasteiger partial charge in [0.25, 0.3) is 0 Å². The van der Waals surface area contributed by atoms with Crippen LogP contribution in [0.2, 0.25) is 0 Å². The Hall–Kier alpha value is -1.73. The molecule has 18 heavy (non-hydrogen) atoms. The molecule has 3 N–H and O–H groups in total. The van der Waals surface area contributed by atoms with Gasteiger partial charge in [-0.2, -0.15) is 4.98 Å². The molecular weight excluding hydrogens is 303 g/mol. The van der Waals surface area contributed by atoms with Gasteiger partial charge in [0, 0.05) is 0 Å². The van der Waals surface area contributed by atoms with Crippen LogP contribution in [0.15, 0.2) is 28.9 Å². The third-order valence-corrected chi connectivity index (χ3v) is 2.68. The van der Waals surface area contributed by atoms with Gasteiger partial charge in [-0.05, 0) is 40.5 Å². The Labute approximate surface area is 111 Å². The molecular formula is C11H10BrFN4O. The number of benzene rings is 1. The molecule has 0 unspecified atom stereocenters. The molecule has 7 heteroatoms. The lowest BCUT2D eigenvalue weighted by atomic mass is 10.2. The van der Waals surface area contributed by atoms with Crippen LogP contribution in [0.4, 0.5) is 10.3 Å². The summed E-state index contributed by atoms with van der Waals surface area (Å²) in [6.07, 6.45) is 1.46. The number of aromatic nitrogens is 2. The number of hydrogen-bond donors (Lipinski definition) is 2. The number of rotatable bonds is 3. The third-order valence-electron chi connectivity index (χ3n) is 2.13. The molecule has 94 valence electrons. The molecule has 0 fully saturated rings.